The molecule has 1 aromatic rings. The first-order chi connectivity index (χ1) is 7.24. The highest BCUT2D eigenvalue weighted by molar-refractivity contribution is 5.76. The van der Waals surface area contributed by atoms with Crippen molar-refractivity contribution in [3.63, 3.8) is 0 Å². The minimum absolute atomic E-state index is 0.104. The molecule has 1 aromatic carbocycles. The summed E-state index contributed by atoms with van der Waals surface area (Å²) in [5.41, 5.74) is 2.81. The maximum absolute atomic E-state index is 11.1. The summed E-state index contributed by atoms with van der Waals surface area (Å²) in [5, 5.41) is 0. The predicted octanol–water partition coefficient (Wildman–Crippen LogP) is 2.05. The van der Waals surface area contributed by atoms with Crippen LogP contribution in [-0.2, 0) is 16.0 Å². The van der Waals surface area contributed by atoms with Crippen LogP contribution in [0.5, 0.6) is 0 Å². The number of carbonyl (C=O) groups is 2. The standard InChI is InChI=1S/C12H12O3/c1-2-12(14)15-11-6-9-5-8(7-13)3-4-10(9)11/h3-5,7,11H,2,6H2,1H3. The number of hydrogen-bond donors (Lipinski definition) is 0. The number of rotatable bonds is 3. The summed E-state index contributed by atoms with van der Waals surface area (Å²) >= 11 is 0. The van der Waals surface area contributed by atoms with Gasteiger partial charge in [-0.25, -0.2) is 0 Å². The van der Waals surface area contributed by atoms with Crippen LogP contribution in [0.2, 0.25) is 0 Å². The van der Waals surface area contributed by atoms with Crippen molar-refractivity contribution in [2.45, 2.75) is 25.9 Å². The van der Waals surface area contributed by atoms with E-state index in [1.165, 1.54) is 0 Å². The van der Waals surface area contributed by atoms with Gasteiger partial charge in [0, 0.05) is 18.4 Å². The summed E-state index contributed by atoms with van der Waals surface area (Å²) in [6, 6.07) is 5.45. The van der Waals surface area contributed by atoms with E-state index >= 15 is 0 Å². The van der Waals surface area contributed by atoms with Crippen molar-refractivity contribution in [1.82, 2.24) is 0 Å². The molecule has 3 nitrogen and oxygen atoms in total. The van der Waals surface area contributed by atoms with Crippen LogP contribution in [-0.4, -0.2) is 12.3 Å². The molecule has 1 aliphatic carbocycles. The maximum Gasteiger partial charge on any atom is 0.306 e. The predicted molar refractivity (Wildman–Crippen MR) is 54.7 cm³/mol. The second-order valence-electron chi connectivity index (χ2n) is 3.61. The molecule has 0 saturated carbocycles. The first kappa shape index (κ1) is 9.90. The van der Waals surface area contributed by atoms with Crippen LogP contribution >= 0.6 is 0 Å². The molecule has 0 radical (unpaired) electrons. The van der Waals surface area contributed by atoms with E-state index in [0.29, 0.717) is 12.0 Å². The quantitative estimate of drug-likeness (QED) is 0.559. The van der Waals surface area contributed by atoms with Gasteiger partial charge >= 0.3 is 5.97 Å². The zero-order chi connectivity index (χ0) is 10.8. The van der Waals surface area contributed by atoms with Crippen LogP contribution < -0.4 is 0 Å². The molecule has 0 N–H and O–H groups in total. The van der Waals surface area contributed by atoms with Crippen LogP contribution in [0.3, 0.4) is 0 Å². The Bertz CT molecular complexity index is 409. The van der Waals surface area contributed by atoms with Gasteiger partial charge in [-0.3, -0.25) is 9.59 Å². The van der Waals surface area contributed by atoms with Gasteiger partial charge in [0.15, 0.2) is 0 Å². The Labute approximate surface area is 88.1 Å². The summed E-state index contributed by atoms with van der Waals surface area (Å²) in [6.45, 7) is 1.78. The molecule has 0 saturated heterocycles. The minimum atomic E-state index is -0.176. The Hall–Kier alpha value is -1.64. The molecule has 78 valence electrons. The third-order valence-corrected chi connectivity index (χ3v) is 2.62. The highest BCUT2D eigenvalue weighted by Gasteiger charge is 2.29. The number of benzene rings is 1. The fourth-order valence-corrected chi connectivity index (χ4v) is 1.72. The van der Waals surface area contributed by atoms with E-state index in [0.717, 1.165) is 23.8 Å². The van der Waals surface area contributed by atoms with Crippen LogP contribution in [0.15, 0.2) is 18.2 Å². The number of aldehydes is 1. The van der Waals surface area contributed by atoms with Crippen molar-refractivity contribution in [2.24, 2.45) is 0 Å². The topological polar surface area (TPSA) is 43.4 Å². The average molecular weight is 204 g/mol. The van der Waals surface area contributed by atoms with Gasteiger partial charge in [0.25, 0.3) is 0 Å². The zero-order valence-corrected chi connectivity index (χ0v) is 8.53. The first-order valence-electron chi connectivity index (χ1n) is 5.02. The third kappa shape index (κ3) is 1.77. The van der Waals surface area contributed by atoms with Crippen molar-refractivity contribution >= 4 is 12.3 Å². The highest BCUT2D eigenvalue weighted by Crippen LogP contribution is 2.36. The molecule has 15 heavy (non-hydrogen) atoms. The SMILES string of the molecule is CCC(=O)OC1Cc2cc(C=O)ccc21. The molecule has 0 heterocycles. The van der Waals surface area contributed by atoms with Gasteiger partial charge in [-0.1, -0.05) is 19.1 Å². The summed E-state index contributed by atoms with van der Waals surface area (Å²) in [6.07, 6.45) is 1.85. The van der Waals surface area contributed by atoms with E-state index in [4.69, 9.17) is 4.74 Å². The van der Waals surface area contributed by atoms with Crippen molar-refractivity contribution in [3.8, 4) is 0 Å². The fourth-order valence-electron chi connectivity index (χ4n) is 1.72. The Morgan fingerprint density at radius 1 is 1.60 bits per heavy atom. The Balaban J connectivity index is 2.11. The van der Waals surface area contributed by atoms with Gasteiger partial charge < -0.3 is 4.74 Å². The Morgan fingerprint density at radius 3 is 3.00 bits per heavy atom. The average Bonchev–Trinajstić information content (AvgIpc) is 2.25. The second-order valence-corrected chi connectivity index (χ2v) is 3.61. The van der Waals surface area contributed by atoms with Gasteiger partial charge in [0.2, 0.25) is 0 Å². The molecule has 3 heteroatoms. The molecule has 1 aliphatic rings. The molecule has 0 aliphatic heterocycles. The Morgan fingerprint density at radius 2 is 2.40 bits per heavy atom. The Kier molecular flexibility index (Phi) is 2.54. The third-order valence-electron chi connectivity index (χ3n) is 2.62. The normalized spacial score (nSPS) is 17.5. The minimum Gasteiger partial charge on any atom is -0.457 e. The van der Waals surface area contributed by atoms with Crippen LogP contribution in [0, 0.1) is 0 Å². The number of ether oxygens (including phenoxy) is 1. The molecular formula is C12H12O3. The van der Waals surface area contributed by atoms with Crippen LogP contribution in [0.1, 0.15) is 40.9 Å². The van der Waals surface area contributed by atoms with Crippen molar-refractivity contribution < 1.29 is 14.3 Å². The lowest BCUT2D eigenvalue weighted by Crippen LogP contribution is -2.22. The number of fused-ring (bicyclic) bond motifs is 1. The number of esters is 1. The molecule has 0 bridgehead atoms. The number of hydrogen-bond acceptors (Lipinski definition) is 3. The highest BCUT2D eigenvalue weighted by atomic mass is 16.5. The van der Waals surface area contributed by atoms with E-state index in [9.17, 15) is 9.59 Å². The lowest BCUT2D eigenvalue weighted by molar-refractivity contribution is -0.150. The lowest BCUT2D eigenvalue weighted by Gasteiger charge is -2.29. The largest absolute Gasteiger partial charge is 0.457 e. The number of carbonyl (C=O) groups excluding carboxylic acids is 2. The molecule has 2 rings (SSSR count). The smallest absolute Gasteiger partial charge is 0.306 e. The van der Waals surface area contributed by atoms with Crippen molar-refractivity contribution in [2.75, 3.05) is 0 Å². The van der Waals surface area contributed by atoms with Crippen LogP contribution in [0.4, 0.5) is 0 Å². The van der Waals surface area contributed by atoms with Gasteiger partial charge in [0.1, 0.15) is 12.4 Å². The van der Waals surface area contributed by atoms with Gasteiger partial charge in [-0.05, 0) is 17.2 Å². The van der Waals surface area contributed by atoms with E-state index < -0.39 is 0 Å². The second kappa shape index (κ2) is 3.85. The van der Waals surface area contributed by atoms with Crippen molar-refractivity contribution in [1.29, 1.82) is 0 Å². The van der Waals surface area contributed by atoms with E-state index in [2.05, 4.69) is 0 Å². The van der Waals surface area contributed by atoms with Gasteiger partial charge in [-0.15, -0.1) is 0 Å². The fraction of sp³-hybridized carbons (Fsp3) is 0.333. The molecule has 0 spiro atoms. The van der Waals surface area contributed by atoms with Crippen LogP contribution in [0.25, 0.3) is 0 Å². The molecule has 1 unspecified atom stereocenters. The maximum atomic E-state index is 11.1. The molecule has 0 amide bonds. The van der Waals surface area contributed by atoms with Gasteiger partial charge in [-0.2, -0.15) is 0 Å². The lowest BCUT2D eigenvalue weighted by atomic mass is 9.84. The summed E-state index contributed by atoms with van der Waals surface area (Å²) in [5.74, 6) is -0.176. The van der Waals surface area contributed by atoms with E-state index in [1.807, 2.05) is 12.1 Å². The monoisotopic (exact) mass is 204 g/mol. The summed E-state index contributed by atoms with van der Waals surface area (Å²) in [7, 11) is 0. The van der Waals surface area contributed by atoms with Crippen molar-refractivity contribution in [3.05, 3.63) is 34.9 Å². The van der Waals surface area contributed by atoms with E-state index in [-0.39, 0.29) is 12.1 Å². The zero-order valence-electron chi connectivity index (χ0n) is 8.53. The van der Waals surface area contributed by atoms with Gasteiger partial charge in [0.05, 0.1) is 0 Å². The molecule has 0 aromatic heterocycles. The molecular weight excluding hydrogens is 192 g/mol. The summed E-state index contributed by atoms with van der Waals surface area (Å²) in [4.78, 5) is 21.6. The van der Waals surface area contributed by atoms with E-state index in [1.54, 1.807) is 13.0 Å². The molecule has 1 atom stereocenters. The summed E-state index contributed by atoms with van der Waals surface area (Å²) < 4.78 is 5.21. The first-order valence-corrected chi connectivity index (χ1v) is 5.02. The molecule has 0 fully saturated rings.